The van der Waals surface area contributed by atoms with Crippen molar-refractivity contribution in [2.24, 2.45) is 0 Å². The number of rotatable bonds is 1. The third kappa shape index (κ3) is 1.68. The van der Waals surface area contributed by atoms with E-state index in [-0.39, 0.29) is 5.25 Å². The summed E-state index contributed by atoms with van der Waals surface area (Å²) in [4.78, 5) is 0. The van der Waals surface area contributed by atoms with E-state index >= 15 is 0 Å². The van der Waals surface area contributed by atoms with Crippen LogP contribution in [0.25, 0.3) is 0 Å². The van der Waals surface area contributed by atoms with Crippen LogP contribution >= 0.6 is 0 Å². The summed E-state index contributed by atoms with van der Waals surface area (Å²) in [5.74, 6) is 0. The Balaban J connectivity index is 2.63. The molecule has 1 rings (SSSR count). The molecule has 0 radical (unpaired) electrons. The molecule has 1 aliphatic carbocycles. The van der Waals surface area contributed by atoms with Crippen molar-refractivity contribution in [2.45, 2.75) is 30.9 Å². The fraction of sp³-hybridized carbons (Fsp3) is 1.00. The van der Waals surface area contributed by atoms with E-state index in [2.05, 4.69) is 0 Å². The third-order valence-electron chi connectivity index (χ3n) is 1.91. The average molecular weight is 148 g/mol. The minimum atomic E-state index is -2.70. The van der Waals surface area contributed by atoms with Crippen LogP contribution in [-0.2, 0) is 9.84 Å². The summed E-state index contributed by atoms with van der Waals surface area (Å²) in [5.41, 5.74) is 0. The van der Waals surface area contributed by atoms with Gasteiger partial charge in [0.2, 0.25) is 0 Å². The highest BCUT2D eigenvalue weighted by atomic mass is 32.2. The van der Waals surface area contributed by atoms with Gasteiger partial charge in [-0.25, -0.2) is 8.42 Å². The van der Waals surface area contributed by atoms with E-state index in [0.717, 1.165) is 25.7 Å². The maximum Gasteiger partial charge on any atom is 0.150 e. The molecule has 1 aliphatic rings. The molecule has 0 amide bonds. The van der Waals surface area contributed by atoms with Crippen LogP contribution in [0.4, 0.5) is 0 Å². The SMILES string of the molecule is CS(=O)(=O)C1CCCC1. The lowest BCUT2D eigenvalue weighted by Gasteiger charge is -2.03. The third-order valence-corrected chi connectivity index (χ3v) is 3.59. The van der Waals surface area contributed by atoms with Gasteiger partial charge in [-0.15, -0.1) is 0 Å². The van der Waals surface area contributed by atoms with Crippen molar-refractivity contribution in [3.05, 3.63) is 0 Å². The lowest BCUT2D eigenvalue weighted by atomic mass is 10.4. The Kier molecular flexibility index (Phi) is 1.80. The first-order valence-corrected chi connectivity index (χ1v) is 5.25. The molecular weight excluding hydrogens is 136 g/mol. The van der Waals surface area contributed by atoms with E-state index in [1.807, 2.05) is 0 Å². The smallest absolute Gasteiger partial charge is 0.150 e. The molecule has 0 N–H and O–H groups in total. The van der Waals surface area contributed by atoms with Gasteiger partial charge in [0.15, 0.2) is 0 Å². The second-order valence-electron chi connectivity index (χ2n) is 2.74. The first kappa shape index (κ1) is 7.06. The van der Waals surface area contributed by atoms with Gasteiger partial charge in [-0.2, -0.15) is 0 Å². The molecule has 3 heteroatoms. The molecule has 0 atom stereocenters. The van der Waals surface area contributed by atoms with Crippen molar-refractivity contribution in [3.8, 4) is 0 Å². The van der Waals surface area contributed by atoms with Crippen LogP contribution in [0.2, 0.25) is 0 Å². The van der Waals surface area contributed by atoms with Gasteiger partial charge in [-0.3, -0.25) is 0 Å². The lowest BCUT2D eigenvalue weighted by Crippen LogP contribution is -2.14. The Morgan fingerprint density at radius 1 is 1.22 bits per heavy atom. The highest BCUT2D eigenvalue weighted by molar-refractivity contribution is 7.91. The molecule has 0 aromatic heterocycles. The van der Waals surface area contributed by atoms with Gasteiger partial charge in [0.25, 0.3) is 0 Å². The molecule has 0 aliphatic heterocycles. The molecule has 0 aromatic carbocycles. The largest absolute Gasteiger partial charge is 0.229 e. The predicted molar refractivity (Wildman–Crippen MR) is 37.1 cm³/mol. The summed E-state index contributed by atoms with van der Waals surface area (Å²) in [6, 6.07) is 0. The van der Waals surface area contributed by atoms with Gasteiger partial charge in [0.1, 0.15) is 9.84 Å². The van der Waals surface area contributed by atoms with Gasteiger partial charge in [-0.1, -0.05) is 12.8 Å². The maximum atomic E-state index is 10.8. The van der Waals surface area contributed by atoms with Crippen molar-refractivity contribution < 1.29 is 8.42 Å². The number of hydrogen-bond acceptors (Lipinski definition) is 2. The van der Waals surface area contributed by atoms with Crippen LogP contribution in [-0.4, -0.2) is 19.9 Å². The molecule has 0 heterocycles. The summed E-state index contributed by atoms with van der Waals surface area (Å²) < 4.78 is 21.7. The van der Waals surface area contributed by atoms with Crippen molar-refractivity contribution in [1.29, 1.82) is 0 Å². The summed E-state index contributed by atoms with van der Waals surface area (Å²) in [6.45, 7) is 0. The normalized spacial score (nSPS) is 22.8. The van der Waals surface area contributed by atoms with Crippen LogP contribution in [0, 0.1) is 0 Å². The van der Waals surface area contributed by atoms with Crippen LogP contribution in [0.1, 0.15) is 25.7 Å². The Hall–Kier alpha value is -0.0500. The molecule has 9 heavy (non-hydrogen) atoms. The average Bonchev–Trinajstić information content (AvgIpc) is 2.08. The minimum Gasteiger partial charge on any atom is -0.229 e. The first-order chi connectivity index (χ1) is 4.11. The summed E-state index contributed by atoms with van der Waals surface area (Å²) in [5, 5.41) is -0.0162. The minimum absolute atomic E-state index is 0.0162. The molecular formula is C6H12O2S. The summed E-state index contributed by atoms with van der Waals surface area (Å²) >= 11 is 0. The van der Waals surface area contributed by atoms with E-state index in [9.17, 15) is 8.42 Å². The molecule has 0 aromatic rings. The molecule has 54 valence electrons. The Morgan fingerprint density at radius 2 is 1.67 bits per heavy atom. The second kappa shape index (κ2) is 2.29. The topological polar surface area (TPSA) is 34.1 Å². The van der Waals surface area contributed by atoms with E-state index in [0.29, 0.717) is 0 Å². The highest BCUT2D eigenvalue weighted by Gasteiger charge is 2.23. The summed E-state index contributed by atoms with van der Waals surface area (Å²) in [7, 11) is -2.70. The van der Waals surface area contributed by atoms with Crippen LogP contribution in [0.3, 0.4) is 0 Å². The van der Waals surface area contributed by atoms with Gasteiger partial charge in [0.05, 0.1) is 5.25 Å². The van der Waals surface area contributed by atoms with Crippen LogP contribution < -0.4 is 0 Å². The highest BCUT2D eigenvalue weighted by Crippen LogP contribution is 2.23. The van der Waals surface area contributed by atoms with Crippen molar-refractivity contribution in [2.75, 3.05) is 6.26 Å². The molecule has 1 fully saturated rings. The van der Waals surface area contributed by atoms with E-state index in [4.69, 9.17) is 0 Å². The number of hydrogen-bond donors (Lipinski definition) is 0. The van der Waals surface area contributed by atoms with E-state index < -0.39 is 9.84 Å². The Morgan fingerprint density at radius 3 is 1.89 bits per heavy atom. The molecule has 1 saturated carbocycles. The summed E-state index contributed by atoms with van der Waals surface area (Å²) in [6.07, 6.45) is 5.30. The predicted octanol–water partition coefficient (Wildman–Crippen LogP) is 0.974. The number of sulfone groups is 1. The maximum absolute atomic E-state index is 10.8. The quantitative estimate of drug-likeness (QED) is 0.555. The van der Waals surface area contributed by atoms with Crippen molar-refractivity contribution in [3.63, 3.8) is 0 Å². The lowest BCUT2D eigenvalue weighted by molar-refractivity contribution is 0.586. The standard InChI is InChI=1S/C6H12O2S/c1-9(7,8)6-4-2-3-5-6/h6H,2-5H2,1H3. The van der Waals surface area contributed by atoms with Crippen molar-refractivity contribution >= 4 is 9.84 Å². The fourth-order valence-corrected chi connectivity index (χ4v) is 2.51. The zero-order chi connectivity index (χ0) is 6.91. The molecule has 0 bridgehead atoms. The molecule has 0 unspecified atom stereocenters. The Bertz CT molecular complexity index is 175. The zero-order valence-electron chi connectivity index (χ0n) is 5.63. The van der Waals surface area contributed by atoms with Gasteiger partial charge >= 0.3 is 0 Å². The van der Waals surface area contributed by atoms with Gasteiger partial charge in [0, 0.05) is 6.26 Å². The first-order valence-electron chi connectivity index (χ1n) is 3.29. The van der Waals surface area contributed by atoms with E-state index in [1.54, 1.807) is 0 Å². The van der Waals surface area contributed by atoms with Crippen molar-refractivity contribution in [1.82, 2.24) is 0 Å². The zero-order valence-corrected chi connectivity index (χ0v) is 6.45. The van der Waals surface area contributed by atoms with Crippen LogP contribution in [0.5, 0.6) is 0 Å². The monoisotopic (exact) mass is 148 g/mol. The second-order valence-corrected chi connectivity index (χ2v) is 5.06. The van der Waals surface area contributed by atoms with Crippen LogP contribution in [0.15, 0.2) is 0 Å². The fourth-order valence-electron chi connectivity index (χ4n) is 1.32. The van der Waals surface area contributed by atoms with Gasteiger partial charge in [-0.05, 0) is 12.8 Å². The molecule has 0 spiro atoms. The molecule has 2 nitrogen and oxygen atoms in total. The Labute approximate surface area is 56.2 Å². The molecule has 0 saturated heterocycles. The van der Waals surface area contributed by atoms with Gasteiger partial charge < -0.3 is 0 Å². The van der Waals surface area contributed by atoms with E-state index in [1.165, 1.54) is 6.26 Å².